The van der Waals surface area contributed by atoms with Crippen LogP contribution in [0.15, 0.2) is 0 Å². The minimum Gasteiger partial charge on any atom is -0.313 e. The Kier molecular flexibility index (Phi) is 9.27. The zero-order valence-corrected chi connectivity index (χ0v) is 8.31. The SMILES string of the molecule is CCCC(=S)NN(C)C.Cl. The summed E-state index contributed by atoms with van der Waals surface area (Å²) in [6.07, 6.45) is 2.09. The second-order valence-corrected chi connectivity index (χ2v) is 2.67. The molecule has 0 spiro atoms. The monoisotopic (exact) mass is 182 g/mol. The van der Waals surface area contributed by atoms with Crippen molar-refractivity contribution in [1.82, 2.24) is 10.4 Å². The molecular formula is C6H15ClN2S. The lowest BCUT2D eigenvalue weighted by Crippen LogP contribution is -2.34. The number of halogens is 1. The predicted octanol–water partition coefficient (Wildman–Crippen LogP) is 1.60. The van der Waals surface area contributed by atoms with E-state index in [2.05, 4.69) is 12.3 Å². The van der Waals surface area contributed by atoms with Gasteiger partial charge in [-0.15, -0.1) is 12.4 Å². The molecule has 62 valence electrons. The summed E-state index contributed by atoms with van der Waals surface area (Å²) >= 11 is 4.98. The van der Waals surface area contributed by atoms with Crippen molar-refractivity contribution in [3.63, 3.8) is 0 Å². The predicted molar refractivity (Wildman–Crippen MR) is 51.6 cm³/mol. The van der Waals surface area contributed by atoms with Gasteiger partial charge < -0.3 is 5.43 Å². The first-order chi connectivity index (χ1) is 4.16. The molecule has 0 saturated heterocycles. The molecule has 0 unspecified atom stereocenters. The van der Waals surface area contributed by atoms with Crippen molar-refractivity contribution in [3.05, 3.63) is 0 Å². The van der Waals surface area contributed by atoms with Crippen LogP contribution in [0.2, 0.25) is 0 Å². The summed E-state index contributed by atoms with van der Waals surface area (Å²) in [5, 5.41) is 1.86. The third kappa shape index (κ3) is 8.14. The fourth-order valence-electron chi connectivity index (χ4n) is 0.532. The molecule has 0 rings (SSSR count). The first-order valence-corrected chi connectivity index (χ1v) is 3.54. The molecule has 0 bridgehead atoms. The highest BCUT2D eigenvalue weighted by Gasteiger charge is 1.92. The van der Waals surface area contributed by atoms with Crippen LogP contribution >= 0.6 is 24.6 Å². The number of thiocarbonyl (C=S) groups is 1. The van der Waals surface area contributed by atoms with Gasteiger partial charge in [0.25, 0.3) is 0 Å². The second kappa shape index (κ2) is 7.25. The molecule has 0 amide bonds. The molecule has 0 aromatic heterocycles. The van der Waals surface area contributed by atoms with Crippen LogP contribution in [0.4, 0.5) is 0 Å². The third-order valence-corrected chi connectivity index (χ3v) is 1.12. The molecule has 0 atom stereocenters. The van der Waals surface area contributed by atoms with Crippen LogP contribution in [0.25, 0.3) is 0 Å². The lowest BCUT2D eigenvalue weighted by atomic mass is 10.3. The van der Waals surface area contributed by atoms with Crippen molar-refractivity contribution in [3.8, 4) is 0 Å². The van der Waals surface area contributed by atoms with Crippen molar-refractivity contribution >= 4 is 29.6 Å². The van der Waals surface area contributed by atoms with Gasteiger partial charge in [0, 0.05) is 14.1 Å². The second-order valence-electron chi connectivity index (χ2n) is 2.18. The number of hydrogen-bond acceptors (Lipinski definition) is 2. The quantitative estimate of drug-likeness (QED) is 0.528. The third-order valence-electron chi connectivity index (χ3n) is 0.825. The molecule has 2 nitrogen and oxygen atoms in total. The van der Waals surface area contributed by atoms with Gasteiger partial charge in [0.1, 0.15) is 0 Å². The van der Waals surface area contributed by atoms with Gasteiger partial charge in [-0.2, -0.15) is 0 Å². The average Bonchev–Trinajstić information content (AvgIpc) is 1.63. The zero-order chi connectivity index (χ0) is 7.28. The molecular weight excluding hydrogens is 168 g/mol. The minimum absolute atomic E-state index is 0. The van der Waals surface area contributed by atoms with Crippen LogP contribution in [0.5, 0.6) is 0 Å². The molecule has 10 heavy (non-hydrogen) atoms. The van der Waals surface area contributed by atoms with E-state index < -0.39 is 0 Å². The molecule has 0 heterocycles. The van der Waals surface area contributed by atoms with Crippen LogP contribution < -0.4 is 5.43 Å². The van der Waals surface area contributed by atoms with E-state index in [1.807, 2.05) is 19.1 Å². The summed E-state index contributed by atoms with van der Waals surface area (Å²) in [5.41, 5.74) is 3.01. The zero-order valence-electron chi connectivity index (χ0n) is 6.68. The van der Waals surface area contributed by atoms with E-state index in [4.69, 9.17) is 12.2 Å². The lowest BCUT2D eigenvalue weighted by molar-refractivity contribution is 0.362. The minimum atomic E-state index is 0. The molecule has 0 aliphatic carbocycles. The maximum Gasteiger partial charge on any atom is 0.0896 e. The Bertz CT molecular complexity index is 95.7. The normalized spacial score (nSPS) is 8.80. The Hall–Kier alpha value is 0.140. The van der Waals surface area contributed by atoms with Crippen molar-refractivity contribution in [2.45, 2.75) is 19.8 Å². The topological polar surface area (TPSA) is 15.3 Å². The van der Waals surface area contributed by atoms with Crippen LogP contribution in [-0.2, 0) is 0 Å². The van der Waals surface area contributed by atoms with Crippen LogP contribution in [-0.4, -0.2) is 24.1 Å². The highest BCUT2D eigenvalue weighted by atomic mass is 35.5. The molecule has 0 saturated carbocycles. The van der Waals surface area contributed by atoms with E-state index in [-0.39, 0.29) is 12.4 Å². The Labute approximate surface area is 74.4 Å². The molecule has 1 N–H and O–H groups in total. The van der Waals surface area contributed by atoms with Gasteiger partial charge in [0.15, 0.2) is 0 Å². The number of rotatable bonds is 3. The van der Waals surface area contributed by atoms with Crippen LogP contribution in [0, 0.1) is 0 Å². The molecule has 0 radical (unpaired) electrons. The van der Waals surface area contributed by atoms with Gasteiger partial charge in [-0.3, -0.25) is 0 Å². The van der Waals surface area contributed by atoms with Gasteiger partial charge in [-0.1, -0.05) is 19.1 Å². The summed E-state index contributed by atoms with van der Waals surface area (Å²) in [7, 11) is 3.86. The Morgan fingerprint density at radius 2 is 2.00 bits per heavy atom. The van der Waals surface area contributed by atoms with Crippen molar-refractivity contribution in [2.75, 3.05) is 14.1 Å². The summed E-state index contributed by atoms with van der Waals surface area (Å²) in [5.74, 6) is 0. The van der Waals surface area contributed by atoms with E-state index in [0.29, 0.717) is 0 Å². The standard InChI is InChI=1S/C6H14N2S.ClH/c1-4-5-6(9)7-8(2)3;/h4-5H2,1-3H3,(H,7,9);1H. The molecule has 0 aliphatic rings. The Balaban J connectivity index is 0. The molecule has 0 aromatic rings. The smallest absolute Gasteiger partial charge is 0.0896 e. The van der Waals surface area contributed by atoms with Crippen molar-refractivity contribution in [1.29, 1.82) is 0 Å². The molecule has 4 heteroatoms. The van der Waals surface area contributed by atoms with E-state index in [1.54, 1.807) is 0 Å². The fraction of sp³-hybridized carbons (Fsp3) is 0.833. The summed E-state index contributed by atoms with van der Waals surface area (Å²) in [6, 6.07) is 0. The maximum absolute atomic E-state index is 4.98. The van der Waals surface area contributed by atoms with Gasteiger partial charge in [0.05, 0.1) is 4.99 Å². The van der Waals surface area contributed by atoms with Crippen molar-refractivity contribution in [2.24, 2.45) is 0 Å². The summed E-state index contributed by atoms with van der Waals surface area (Å²) in [6.45, 7) is 2.11. The van der Waals surface area contributed by atoms with E-state index in [0.717, 1.165) is 17.8 Å². The number of nitrogens with one attached hydrogen (secondary N) is 1. The molecule has 0 aliphatic heterocycles. The molecule has 0 aromatic carbocycles. The number of hydrazine groups is 1. The Morgan fingerprint density at radius 3 is 2.30 bits per heavy atom. The summed E-state index contributed by atoms with van der Waals surface area (Å²) < 4.78 is 0. The molecule has 0 fully saturated rings. The first kappa shape index (κ1) is 12.8. The van der Waals surface area contributed by atoms with E-state index in [9.17, 15) is 0 Å². The van der Waals surface area contributed by atoms with E-state index >= 15 is 0 Å². The van der Waals surface area contributed by atoms with Gasteiger partial charge in [-0.25, -0.2) is 5.01 Å². The van der Waals surface area contributed by atoms with Gasteiger partial charge in [0.2, 0.25) is 0 Å². The number of nitrogens with zero attached hydrogens (tertiary/aromatic N) is 1. The fourth-order valence-corrected chi connectivity index (χ4v) is 0.919. The average molecular weight is 183 g/mol. The van der Waals surface area contributed by atoms with Gasteiger partial charge in [-0.05, 0) is 12.8 Å². The largest absolute Gasteiger partial charge is 0.313 e. The summed E-state index contributed by atoms with van der Waals surface area (Å²) in [4.78, 5) is 0.919. The highest BCUT2D eigenvalue weighted by molar-refractivity contribution is 7.80. The van der Waals surface area contributed by atoms with E-state index in [1.165, 1.54) is 0 Å². The lowest BCUT2D eigenvalue weighted by Gasteiger charge is -2.12. The Morgan fingerprint density at radius 1 is 1.50 bits per heavy atom. The van der Waals surface area contributed by atoms with Crippen LogP contribution in [0.1, 0.15) is 19.8 Å². The maximum atomic E-state index is 4.98. The highest BCUT2D eigenvalue weighted by Crippen LogP contribution is 1.87. The van der Waals surface area contributed by atoms with Crippen LogP contribution in [0.3, 0.4) is 0 Å². The first-order valence-electron chi connectivity index (χ1n) is 3.13. The number of hydrogen-bond donors (Lipinski definition) is 1. The van der Waals surface area contributed by atoms with Crippen molar-refractivity contribution < 1.29 is 0 Å². The van der Waals surface area contributed by atoms with Gasteiger partial charge >= 0.3 is 0 Å².